The molecular weight excluding hydrogens is 238 g/mol. The van der Waals surface area contributed by atoms with E-state index in [0.717, 1.165) is 0 Å². The van der Waals surface area contributed by atoms with E-state index < -0.39 is 18.2 Å². The van der Waals surface area contributed by atoms with Gasteiger partial charge in [-0.15, -0.1) is 0 Å². The van der Waals surface area contributed by atoms with E-state index in [9.17, 15) is 15.0 Å². The molecule has 0 aliphatic rings. The second kappa shape index (κ2) is 6.34. The van der Waals surface area contributed by atoms with E-state index in [0.29, 0.717) is 5.56 Å². The highest BCUT2D eigenvalue weighted by Crippen LogP contribution is 2.26. The fourth-order valence-corrected chi connectivity index (χ4v) is 1.52. The van der Waals surface area contributed by atoms with E-state index >= 15 is 0 Å². The molecule has 0 amide bonds. The van der Waals surface area contributed by atoms with E-state index in [2.05, 4.69) is 4.74 Å². The highest BCUT2D eigenvalue weighted by atomic mass is 16.5. The molecule has 6 nitrogen and oxygen atoms in total. The van der Waals surface area contributed by atoms with Crippen molar-refractivity contribution in [3.05, 3.63) is 29.3 Å². The summed E-state index contributed by atoms with van der Waals surface area (Å²) in [6.07, 6.45) is -2.20. The van der Waals surface area contributed by atoms with Gasteiger partial charge in [0, 0.05) is 6.54 Å². The summed E-state index contributed by atoms with van der Waals surface area (Å²) in [6.45, 7) is -0.0672. The largest absolute Gasteiger partial charge is 0.496 e. The average molecular weight is 255 g/mol. The Labute approximate surface area is 105 Å². The van der Waals surface area contributed by atoms with Gasteiger partial charge in [0.2, 0.25) is 0 Å². The number of rotatable bonds is 5. The topological polar surface area (TPSA) is 102 Å². The number of aliphatic hydroxyl groups is 2. The first kappa shape index (κ1) is 14.4. The van der Waals surface area contributed by atoms with Crippen LogP contribution in [0.5, 0.6) is 5.75 Å². The van der Waals surface area contributed by atoms with Crippen LogP contribution in [0, 0.1) is 0 Å². The Morgan fingerprint density at radius 1 is 1.39 bits per heavy atom. The van der Waals surface area contributed by atoms with E-state index in [-0.39, 0.29) is 17.9 Å². The predicted molar refractivity (Wildman–Crippen MR) is 64.4 cm³/mol. The molecule has 1 rings (SSSR count). The van der Waals surface area contributed by atoms with Crippen LogP contribution in [-0.4, -0.2) is 43.1 Å². The van der Waals surface area contributed by atoms with Gasteiger partial charge in [-0.25, -0.2) is 4.79 Å². The Morgan fingerprint density at radius 2 is 2.06 bits per heavy atom. The molecule has 0 spiro atoms. The number of hydrogen-bond acceptors (Lipinski definition) is 6. The maximum atomic E-state index is 11.4. The van der Waals surface area contributed by atoms with Gasteiger partial charge < -0.3 is 25.4 Å². The van der Waals surface area contributed by atoms with Crippen LogP contribution in [0.15, 0.2) is 18.2 Å². The predicted octanol–water partition coefficient (Wildman–Crippen LogP) is -0.165. The molecule has 2 atom stereocenters. The van der Waals surface area contributed by atoms with Gasteiger partial charge in [-0.05, 0) is 17.7 Å². The van der Waals surface area contributed by atoms with Crippen LogP contribution in [0.1, 0.15) is 22.0 Å². The summed E-state index contributed by atoms with van der Waals surface area (Å²) in [5.74, 6) is -0.269. The number of carbonyl (C=O) groups is 1. The molecule has 0 aliphatic carbocycles. The zero-order valence-electron chi connectivity index (χ0n) is 10.3. The molecule has 0 radical (unpaired) electrons. The van der Waals surface area contributed by atoms with Crippen molar-refractivity contribution in [2.45, 2.75) is 12.2 Å². The van der Waals surface area contributed by atoms with E-state index in [1.807, 2.05) is 0 Å². The highest BCUT2D eigenvalue weighted by molar-refractivity contribution is 5.92. The summed E-state index contributed by atoms with van der Waals surface area (Å²) < 4.78 is 9.64. The summed E-state index contributed by atoms with van der Waals surface area (Å²) in [4.78, 5) is 11.4. The minimum absolute atomic E-state index is 0.0672. The molecule has 0 aliphatic heterocycles. The van der Waals surface area contributed by atoms with Crippen LogP contribution in [0.2, 0.25) is 0 Å². The first-order valence-electron chi connectivity index (χ1n) is 5.37. The Morgan fingerprint density at radius 3 is 2.56 bits per heavy atom. The molecule has 1 aromatic rings. The van der Waals surface area contributed by atoms with Crippen molar-refractivity contribution < 1.29 is 24.5 Å². The second-order valence-electron chi connectivity index (χ2n) is 3.70. The third kappa shape index (κ3) is 2.98. The second-order valence-corrected chi connectivity index (χ2v) is 3.70. The van der Waals surface area contributed by atoms with Crippen molar-refractivity contribution in [1.82, 2.24) is 0 Å². The van der Waals surface area contributed by atoms with Crippen molar-refractivity contribution in [3.63, 3.8) is 0 Å². The number of esters is 1. The van der Waals surface area contributed by atoms with Gasteiger partial charge in [0.05, 0.1) is 20.3 Å². The summed E-state index contributed by atoms with van der Waals surface area (Å²) in [7, 11) is 2.67. The van der Waals surface area contributed by atoms with Gasteiger partial charge in [0.25, 0.3) is 0 Å². The first-order chi connectivity index (χ1) is 8.54. The van der Waals surface area contributed by atoms with Gasteiger partial charge >= 0.3 is 5.97 Å². The van der Waals surface area contributed by atoms with E-state index in [1.165, 1.54) is 32.4 Å². The van der Waals surface area contributed by atoms with Crippen molar-refractivity contribution >= 4 is 5.97 Å². The smallest absolute Gasteiger partial charge is 0.341 e. The molecule has 0 saturated carbocycles. The molecule has 0 bridgehead atoms. The van der Waals surface area contributed by atoms with Crippen LogP contribution in [0.3, 0.4) is 0 Å². The zero-order chi connectivity index (χ0) is 13.7. The number of carbonyl (C=O) groups excluding carboxylic acids is 1. The lowest BCUT2D eigenvalue weighted by atomic mass is 10.0. The summed E-state index contributed by atoms with van der Waals surface area (Å²) in [5.41, 5.74) is 5.93. The SMILES string of the molecule is COC(=O)c1ccc(C(O)C(O)CN)cc1OC. The third-order valence-electron chi connectivity index (χ3n) is 2.58. The van der Waals surface area contributed by atoms with Crippen LogP contribution in [-0.2, 0) is 4.74 Å². The van der Waals surface area contributed by atoms with Crippen LogP contribution < -0.4 is 10.5 Å². The number of nitrogens with two attached hydrogens (primary N) is 1. The molecule has 100 valence electrons. The lowest BCUT2D eigenvalue weighted by Crippen LogP contribution is -2.27. The normalized spacial score (nSPS) is 13.8. The van der Waals surface area contributed by atoms with Crippen molar-refractivity contribution in [3.8, 4) is 5.75 Å². The lowest BCUT2D eigenvalue weighted by molar-refractivity contribution is 0.0242. The first-order valence-corrected chi connectivity index (χ1v) is 5.37. The summed E-state index contributed by atoms with van der Waals surface area (Å²) >= 11 is 0. The van der Waals surface area contributed by atoms with Gasteiger partial charge in [0.1, 0.15) is 17.4 Å². The number of methoxy groups -OCH3 is 2. The van der Waals surface area contributed by atoms with Gasteiger partial charge in [-0.3, -0.25) is 0 Å². The van der Waals surface area contributed by atoms with Gasteiger partial charge in [0.15, 0.2) is 0 Å². The maximum Gasteiger partial charge on any atom is 0.341 e. The summed E-state index contributed by atoms with van der Waals surface area (Å²) in [5, 5.41) is 19.3. The molecule has 18 heavy (non-hydrogen) atoms. The molecule has 1 aromatic carbocycles. The molecule has 0 aromatic heterocycles. The number of hydrogen-bond donors (Lipinski definition) is 3. The van der Waals surface area contributed by atoms with Crippen molar-refractivity contribution in [2.75, 3.05) is 20.8 Å². The fraction of sp³-hybridized carbons (Fsp3) is 0.417. The monoisotopic (exact) mass is 255 g/mol. The molecule has 0 fully saturated rings. The minimum atomic E-state index is -1.13. The highest BCUT2D eigenvalue weighted by Gasteiger charge is 2.20. The van der Waals surface area contributed by atoms with Gasteiger partial charge in [-0.1, -0.05) is 6.07 Å². The fourth-order valence-electron chi connectivity index (χ4n) is 1.52. The molecule has 6 heteroatoms. The third-order valence-corrected chi connectivity index (χ3v) is 2.58. The lowest BCUT2D eigenvalue weighted by Gasteiger charge is -2.17. The Balaban J connectivity index is 3.09. The number of ether oxygens (including phenoxy) is 2. The van der Waals surface area contributed by atoms with Crippen LogP contribution in [0.25, 0.3) is 0 Å². The van der Waals surface area contributed by atoms with Crippen LogP contribution >= 0.6 is 0 Å². The molecule has 2 unspecified atom stereocenters. The van der Waals surface area contributed by atoms with Crippen LogP contribution in [0.4, 0.5) is 0 Å². The number of benzene rings is 1. The Hall–Kier alpha value is -1.63. The Bertz CT molecular complexity index is 421. The van der Waals surface area contributed by atoms with Crippen molar-refractivity contribution in [1.29, 1.82) is 0 Å². The molecule has 0 heterocycles. The van der Waals surface area contributed by atoms with Crippen molar-refractivity contribution in [2.24, 2.45) is 5.73 Å². The van der Waals surface area contributed by atoms with E-state index in [1.54, 1.807) is 0 Å². The Kier molecular flexibility index (Phi) is 5.08. The summed E-state index contributed by atoms with van der Waals surface area (Å²) in [6, 6.07) is 4.45. The zero-order valence-corrected chi connectivity index (χ0v) is 10.3. The quantitative estimate of drug-likeness (QED) is 0.632. The van der Waals surface area contributed by atoms with E-state index in [4.69, 9.17) is 10.5 Å². The molecule has 0 saturated heterocycles. The minimum Gasteiger partial charge on any atom is -0.496 e. The average Bonchev–Trinajstić information content (AvgIpc) is 2.43. The standard InChI is InChI=1S/C12H17NO5/c1-17-10-5-7(11(15)9(14)6-13)3-4-8(10)12(16)18-2/h3-5,9,11,14-15H,6,13H2,1-2H3. The maximum absolute atomic E-state index is 11.4. The number of aliphatic hydroxyl groups excluding tert-OH is 2. The van der Waals surface area contributed by atoms with Gasteiger partial charge in [-0.2, -0.15) is 0 Å². The molecular formula is C12H17NO5. The molecule has 4 N–H and O–H groups in total.